The van der Waals surface area contributed by atoms with E-state index in [0.29, 0.717) is 11.4 Å². The Kier molecular flexibility index (Phi) is 3.52. The predicted molar refractivity (Wildman–Crippen MR) is 68.9 cm³/mol. The van der Waals surface area contributed by atoms with Crippen molar-refractivity contribution in [2.45, 2.75) is 6.92 Å². The van der Waals surface area contributed by atoms with Crippen molar-refractivity contribution >= 4 is 33.5 Å². The van der Waals surface area contributed by atoms with Gasteiger partial charge in [-0.25, -0.2) is 14.8 Å². The number of carbonyl (C=O) groups is 1. The lowest BCUT2D eigenvalue weighted by atomic mass is 10.3. The number of anilines is 2. The minimum atomic E-state index is -1.09. The number of nitrogens with one attached hydrogen (secondary N) is 1. The molecule has 7 heteroatoms. The van der Waals surface area contributed by atoms with E-state index < -0.39 is 5.97 Å². The Hall–Kier alpha value is -2.02. The van der Waals surface area contributed by atoms with Crippen LogP contribution in [0.4, 0.5) is 11.6 Å². The standard InChI is InChI=1S/C11H9BrN4O2/c1-6-2-9(10(17)18)16-11(14-6)15-8-3-7(12)4-13-5-8/h2-5H,1H3,(H,17,18)(H,14,15,16). The first-order chi connectivity index (χ1) is 8.54. The highest BCUT2D eigenvalue weighted by molar-refractivity contribution is 9.10. The summed E-state index contributed by atoms with van der Waals surface area (Å²) < 4.78 is 0.804. The molecular formula is C11H9BrN4O2. The summed E-state index contributed by atoms with van der Waals surface area (Å²) in [6.07, 6.45) is 3.24. The minimum absolute atomic E-state index is 0.0482. The van der Waals surface area contributed by atoms with E-state index in [0.717, 1.165) is 4.47 Å². The Labute approximate surface area is 111 Å². The van der Waals surface area contributed by atoms with Crippen LogP contribution in [-0.4, -0.2) is 26.0 Å². The highest BCUT2D eigenvalue weighted by Crippen LogP contribution is 2.17. The molecule has 2 rings (SSSR count). The number of aryl methyl sites for hydroxylation is 1. The van der Waals surface area contributed by atoms with E-state index in [2.05, 4.69) is 36.2 Å². The summed E-state index contributed by atoms with van der Waals surface area (Å²) >= 11 is 3.29. The molecule has 0 saturated carbocycles. The molecule has 18 heavy (non-hydrogen) atoms. The number of hydrogen-bond acceptors (Lipinski definition) is 5. The van der Waals surface area contributed by atoms with Crippen molar-refractivity contribution in [3.8, 4) is 0 Å². The third kappa shape index (κ3) is 3.01. The first kappa shape index (κ1) is 12.4. The maximum Gasteiger partial charge on any atom is 0.354 e. The summed E-state index contributed by atoms with van der Waals surface area (Å²) in [4.78, 5) is 22.9. The number of aromatic nitrogens is 3. The zero-order valence-corrected chi connectivity index (χ0v) is 11.0. The summed E-state index contributed by atoms with van der Waals surface area (Å²) in [7, 11) is 0. The molecule has 6 nitrogen and oxygen atoms in total. The largest absolute Gasteiger partial charge is 0.477 e. The Balaban J connectivity index is 2.31. The highest BCUT2D eigenvalue weighted by Gasteiger charge is 2.08. The zero-order chi connectivity index (χ0) is 13.1. The smallest absolute Gasteiger partial charge is 0.354 e. The molecule has 0 spiro atoms. The number of rotatable bonds is 3. The van der Waals surface area contributed by atoms with Gasteiger partial charge < -0.3 is 10.4 Å². The van der Waals surface area contributed by atoms with Crippen LogP contribution in [0.3, 0.4) is 0 Å². The molecule has 2 heterocycles. The molecule has 0 unspecified atom stereocenters. The molecule has 2 aromatic heterocycles. The number of pyridine rings is 1. The van der Waals surface area contributed by atoms with Crippen molar-refractivity contribution in [3.05, 3.63) is 40.4 Å². The number of carboxylic acids is 1. The molecule has 0 fully saturated rings. The van der Waals surface area contributed by atoms with Crippen LogP contribution in [0.1, 0.15) is 16.2 Å². The topological polar surface area (TPSA) is 88.0 Å². The fourth-order valence-corrected chi connectivity index (χ4v) is 1.71. The number of halogens is 1. The molecule has 92 valence electrons. The lowest BCUT2D eigenvalue weighted by Crippen LogP contribution is -2.06. The van der Waals surface area contributed by atoms with Crippen molar-refractivity contribution in [1.29, 1.82) is 0 Å². The SMILES string of the molecule is Cc1cc(C(=O)O)nc(Nc2cncc(Br)c2)n1. The first-order valence-electron chi connectivity index (χ1n) is 5.01. The van der Waals surface area contributed by atoms with Crippen molar-refractivity contribution in [2.24, 2.45) is 0 Å². The second-order valence-corrected chi connectivity index (χ2v) is 4.46. The van der Waals surface area contributed by atoms with Gasteiger partial charge in [0.05, 0.1) is 11.9 Å². The molecule has 0 aromatic carbocycles. The van der Waals surface area contributed by atoms with Gasteiger partial charge in [-0.05, 0) is 35.0 Å². The van der Waals surface area contributed by atoms with Gasteiger partial charge in [0.1, 0.15) is 0 Å². The molecule has 2 N–H and O–H groups in total. The summed E-state index contributed by atoms with van der Waals surface area (Å²) in [6, 6.07) is 3.20. The zero-order valence-electron chi connectivity index (χ0n) is 9.38. The van der Waals surface area contributed by atoms with Gasteiger partial charge in [-0.3, -0.25) is 4.98 Å². The Morgan fingerprint density at radius 1 is 1.33 bits per heavy atom. The quantitative estimate of drug-likeness (QED) is 0.905. The molecule has 0 amide bonds. The molecule has 0 atom stereocenters. The van der Waals surface area contributed by atoms with Crippen molar-refractivity contribution in [2.75, 3.05) is 5.32 Å². The van der Waals surface area contributed by atoms with Crippen LogP contribution in [0.5, 0.6) is 0 Å². The van der Waals surface area contributed by atoms with Gasteiger partial charge in [-0.15, -0.1) is 0 Å². The van der Waals surface area contributed by atoms with Crippen LogP contribution in [-0.2, 0) is 0 Å². The Bertz CT molecular complexity index is 603. The molecule has 0 saturated heterocycles. The van der Waals surface area contributed by atoms with E-state index >= 15 is 0 Å². The molecule has 0 radical (unpaired) electrons. The number of aromatic carboxylic acids is 1. The maximum absolute atomic E-state index is 10.9. The van der Waals surface area contributed by atoms with Gasteiger partial charge in [0.2, 0.25) is 5.95 Å². The molecule has 0 bridgehead atoms. The average molecular weight is 309 g/mol. The maximum atomic E-state index is 10.9. The van der Waals surface area contributed by atoms with Gasteiger partial charge in [-0.2, -0.15) is 0 Å². The van der Waals surface area contributed by atoms with Crippen LogP contribution >= 0.6 is 15.9 Å². The summed E-state index contributed by atoms with van der Waals surface area (Å²) in [6.45, 7) is 1.71. The monoisotopic (exact) mass is 308 g/mol. The molecule has 0 aliphatic rings. The second-order valence-electron chi connectivity index (χ2n) is 3.54. The van der Waals surface area contributed by atoms with Gasteiger partial charge in [-0.1, -0.05) is 0 Å². The van der Waals surface area contributed by atoms with E-state index in [-0.39, 0.29) is 11.6 Å². The van der Waals surface area contributed by atoms with Crippen molar-refractivity contribution in [3.63, 3.8) is 0 Å². The fraction of sp³-hybridized carbons (Fsp3) is 0.0909. The third-order valence-electron chi connectivity index (χ3n) is 2.03. The van der Waals surface area contributed by atoms with Crippen LogP contribution in [0.25, 0.3) is 0 Å². The first-order valence-corrected chi connectivity index (χ1v) is 5.80. The van der Waals surface area contributed by atoms with Gasteiger partial charge in [0, 0.05) is 16.4 Å². The van der Waals surface area contributed by atoms with Crippen LogP contribution in [0.15, 0.2) is 29.0 Å². The highest BCUT2D eigenvalue weighted by atomic mass is 79.9. The molecular weight excluding hydrogens is 300 g/mol. The van der Waals surface area contributed by atoms with E-state index in [4.69, 9.17) is 5.11 Å². The minimum Gasteiger partial charge on any atom is -0.477 e. The van der Waals surface area contributed by atoms with Crippen LogP contribution in [0, 0.1) is 6.92 Å². The second kappa shape index (κ2) is 5.09. The number of hydrogen-bond donors (Lipinski definition) is 2. The molecule has 0 aliphatic heterocycles. The lowest BCUT2D eigenvalue weighted by Gasteiger charge is -2.06. The van der Waals surface area contributed by atoms with Gasteiger partial charge in [0.15, 0.2) is 5.69 Å². The van der Waals surface area contributed by atoms with Crippen LogP contribution in [0.2, 0.25) is 0 Å². The normalized spacial score (nSPS) is 10.1. The summed E-state index contributed by atoms with van der Waals surface area (Å²) in [5, 5.41) is 11.8. The Morgan fingerprint density at radius 3 is 2.78 bits per heavy atom. The van der Waals surface area contributed by atoms with Crippen LogP contribution < -0.4 is 5.32 Å². The predicted octanol–water partition coefficient (Wildman–Crippen LogP) is 2.38. The van der Waals surface area contributed by atoms with E-state index in [1.54, 1.807) is 25.4 Å². The summed E-state index contributed by atoms with van der Waals surface area (Å²) in [5.41, 5.74) is 1.20. The molecule has 2 aromatic rings. The summed E-state index contributed by atoms with van der Waals surface area (Å²) in [5.74, 6) is -0.858. The van der Waals surface area contributed by atoms with E-state index in [9.17, 15) is 4.79 Å². The van der Waals surface area contributed by atoms with E-state index in [1.165, 1.54) is 6.07 Å². The van der Waals surface area contributed by atoms with Gasteiger partial charge >= 0.3 is 5.97 Å². The van der Waals surface area contributed by atoms with Crippen molar-refractivity contribution < 1.29 is 9.90 Å². The van der Waals surface area contributed by atoms with E-state index in [1.807, 2.05) is 0 Å². The Morgan fingerprint density at radius 2 is 2.11 bits per heavy atom. The fourth-order valence-electron chi connectivity index (χ4n) is 1.34. The van der Waals surface area contributed by atoms with Gasteiger partial charge in [0.25, 0.3) is 0 Å². The third-order valence-corrected chi connectivity index (χ3v) is 2.47. The number of carboxylic acid groups (broad SMARTS) is 1. The average Bonchev–Trinajstić information content (AvgIpc) is 2.28. The lowest BCUT2D eigenvalue weighted by molar-refractivity contribution is 0.0690. The molecule has 0 aliphatic carbocycles. The number of nitrogens with zero attached hydrogens (tertiary/aromatic N) is 3. The van der Waals surface area contributed by atoms with Crippen molar-refractivity contribution in [1.82, 2.24) is 15.0 Å².